The van der Waals surface area contributed by atoms with Gasteiger partial charge < -0.3 is 4.74 Å². The summed E-state index contributed by atoms with van der Waals surface area (Å²) < 4.78 is 4.95. The van der Waals surface area contributed by atoms with Crippen molar-refractivity contribution in [2.45, 2.75) is 13.8 Å². The first kappa shape index (κ1) is 9.04. The van der Waals surface area contributed by atoms with Crippen LogP contribution in [0.2, 0.25) is 0 Å². The van der Waals surface area contributed by atoms with E-state index in [0.29, 0.717) is 5.76 Å². The molecule has 2 heteroatoms. The van der Waals surface area contributed by atoms with Crippen molar-refractivity contribution in [2.75, 3.05) is 7.11 Å². The van der Waals surface area contributed by atoms with E-state index in [4.69, 9.17) is 4.74 Å². The van der Waals surface area contributed by atoms with Crippen molar-refractivity contribution in [2.24, 2.45) is 11.3 Å². The summed E-state index contributed by atoms with van der Waals surface area (Å²) in [6.45, 7) is 7.55. The molecule has 0 saturated carbocycles. The summed E-state index contributed by atoms with van der Waals surface area (Å²) in [5, 5.41) is 0. The second kappa shape index (κ2) is 2.77. The molecule has 12 heavy (non-hydrogen) atoms. The molecule has 0 amide bonds. The van der Waals surface area contributed by atoms with Crippen molar-refractivity contribution < 1.29 is 9.53 Å². The number of carbonyl (C=O) groups excluding carboxylic acids is 1. The van der Waals surface area contributed by atoms with Crippen molar-refractivity contribution in [3.8, 4) is 0 Å². The zero-order chi connectivity index (χ0) is 9.35. The smallest absolute Gasteiger partial charge is 0.207 e. The van der Waals surface area contributed by atoms with Crippen LogP contribution in [-0.2, 0) is 9.53 Å². The Morgan fingerprint density at radius 3 is 2.58 bits per heavy atom. The van der Waals surface area contributed by atoms with Crippen molar-refractivity contribution in [1.82, 2.24) is 0 Å². The normalized spacial score (nSPS) is 34.8. The van der Waals surface area contributed by atoms with Gasteiger partial charge in [-0.15, -0.1) is 6.58 Å². The summed E-state index contributed by atoms with van der Waals surface area (Å²) in [4.78, 5) is 11.6. The van der Waals surface area contributed by atoms with Crippen LogP contribution >= 0.6 is 0 Å². The average molecular weight is 166 g/mol. The highest BCUT2D eigenvalue weighted by atomic mass is 16.5. The van der Waals surface area contributed by atoms with Gasteiger partial charge in [0.25, 0.3) is 0 Å². The van der Waals surface area contributed by atoms with Gasteiger partial charge in [0.05, 0.1) is 12.5 Å². The minimum absolute atomic E-state index is 0.0347. The summed E-state index contributed by atoms with van der Waals surface area (Å²) >= 11 is 0. The van der Waals surface area contributed by atoms with Crippen LogP contribution in [-0.4, -0.2) is 12.9 Å². The molecule has 2 nitrogen and oxygen atoms in total. The molecule has 66 valence electrons. The van der Waals surface area contributed by atoms with Gasteiger partial charge in [-0.3, -0.25) is 4.79 Å². The van der Waals surface area contributed by atoms with Crippen molar-refractivity contribution >= 4 is 5.78 Å². The van der Waals surface area contributed by atoms with E-state index in [2.05, 4.69) is 6.58 Å². The van der Waals surface area contributed by atoms with Crippen LogP contribution in [0.1, 0.15) is 13.8 Å². The van der Waals surface area contributed by atoms with E-state index in [1.54, 1.807) is 6.08 Å². The molecule has 0 aromatic heterocycles. The third-order valence-electron chi connectivity index (χ3n) is 2.70. The van der Waals surface area contributed by atoms with E-state index in [9.17, 15) is 4.79 Å². The molecule has 0 radical (unpaired) electrons. The van der Waals surface area contributed by atoms with E-state index < -0.39 is 5.41 Å². The van der Waals surface area contributed by atoms with Gasteiger partial charge in [-0.1, -0.05) is 13.0 Å². The van der Waals surface area contributed by atoms with Gasteiger partial charge in [-0.05, 0) is 18.9 Å². The summed E-state index contributed by atoms with van der Waals surface area (Å²) in [5.41, 5.74) is -0.467. The zero-order valence-electron chi connectivity index (χ0n) is 7.76. The number of carbonyl (C=O) groups is 1. The molecule has 1 rings (SSSR count). The molecule has 1 aliphatic carbocycles. The SMILES string of the molecule is C=C[C@@]1(C)C(=O)C(OC)=C[C@H]1C. The maximum absolute atomic E-state index is 11.6. The molecule has 0 fully saturated rings. The Bertz CT molecular complexity index is 253. The van der Waals surface area contributed by atoms with E-state index in [1.165, 1.54) is 7.11 Å². The Labute approximate surface area is 72.9 Å². The number of hydrogen-bond donors (Lipinski definition) is 0. The van der Waals surface area contributed by atoms with Crippen LogP contribution in [0.4, 0.5) is 0 Å². The highest BCUT2D eigenvalue weighted by molar-refractivity contribution is 6.02. The fourth-order valence-electron chi connectivity index (χ4n) is 1.39. The predicted octanol–water partition coefficient (Wildman–Crippen LogP) is 1.93. The van der Waals surface area contributed by atoms with E-state index >= 15 is 0 Å². The first-order valence-corrected chi connectivity index (χ1v) is 4.00. The highest BCUT2D eigenvalue weighted by Gasteiger charge is 2.42. The number of ether oxygens (including phenoxy) is 1. The molecule has 0 spiro atoms. The highest BCUT2D eigenvalue weighted by Crippen LogP contribution is 2.39. The van der Waals surface area contributed by atoms with Gasteiger partial charge in [0.1, 0.15) is 0 Å². The molecule has 0 aliphatic heterocycles. The molecule has 1 aliphatic rings. The summed E-state index contributed by atoms with van der Waals surface area (Å²) in [7, 11) is 1.52. The quantitative estimate of drug-likeness (QED) is 0.586. The van der Waals surface area contributed by atoms with Crippen molar-refractivity contribution in [3.63, 3.8) is 0 Å². The largest absolute Gasteiger partial charge is 0.493 e. The topological polar surface area (TPSA) is 26.3 Å². The number of Topliss-reactive ketones (excluding diaryl/α,β-unsaturated/α-hetero) is 1. The molecule has 2 atom stereocenters. The Balaban J connectivity index is 3.02. The second-order valence-electron chi connectivity index (χ2n) is 3.34. The first-order chi connectivity index (χ1) is 5.56. The molecule has 0 aromatic carbocycles. The van der Waals surface area contributed by atoms with Crippen LogP contribution in [0.3, 0.4) is 0 Å². The number of rotatable bonds is 2. The van der Waals surface area contributed by atoms with E-state index in [0.717, 1.165) is 0 Å². The van der Waals surface area contributed by atoms with E-state index in [-0.39, 0.29) is 11.7 Å². The molecule has 0 heterocycles. The van der Waals surface area contributed by atoms with Gasteiger partial charge in [0.15, 0.2) is 5.76 Å². The van der Waals surface area contributed by atoms with Gasteiger partial charge >= 0.3 is 0 Å². The van der Waals surface area contributed by atoms with Crippen molar-refractivity contribution in [3.05, 3.63) is 24.5 Å². The molecule has 0 bridgehead atoms. The Kier molecular flexibility index (Phi) is 2.09. The van der Waals surface area contributed by atoms with Gasteiger partial charge in [0, 0.05) is 0 Å². The molecule has 0 saturated heterocycles. The molecule has 0 N–H and O–H groups in total. The maximum Gasteiger partial charge on any atom is 0.207 e. The summed E-state index contributed by atoms with van der Waals surface area (Å²) in [6, 6.07) is 0. The monoisotopic (exact) mass is 166 g/mol. The summed E-state index contributed by atoms with van der Waals surface area (Å²) in [6.07, 6.45) is 3.55. The summed E-state index contributed by atoms with van der Waals surface area (Å²) in [5.74, 6) is 0.676. The van der Waals surface area contributed by atoms with Crippen LogP contribution in [0.5, 0.6) is 0 Å². The Morgan fingerprint density at radius 1 is 1.75 bits per heavy atom. The predicted molar refractivity (Wildman–Crippen MR) is 47.6 cm³/mol. The fraction of sp³-hybridized carbons (Fsp3) is 0.500. The maximum atomic E-state index is 11.6. The Morgan fingerprint density at radius 2 is 2.33 bits per heavy atom. The minimum atomic E-state index is -0.467. The third kappa shape index (κ3) is 0.986. The number of allylic oxidation sites excluding steroid dienone is 3. The minimum Gasteiger partial charge on any atom is -0.493 e. The fourth-order valence-corrected chi connectivity index (χ4v) is 1.39. The molecular weight excluding hydrogens is 152 g/mol. The van der Waals surface area contributed by atoms with Crippen LogP contribution in [0.25, 0.3) is 0 Å². The Hall–Kier alpha value is -1.05. The average Bonchev–Trinajstić information content (AvgIpc) is 2.30. The lowest BCUT2D eigenvalue weighted by Crippen LogP contribution is -2.27. The lowest BCUT2D eigenvalue weighted by atomic mass is 9.79. The van der Waals surface area contributed by atoms with Gasteiger partial charge in [-0.2, -0.15) is 0 Å². The first-order valence-electron chi connectivity index (χ1n) is 4.00. The lowest BCUT2D eigenvalue weighted by Gasteiger charge is -2.22. The third-order valence-corrected chi connectivity index (χ3v) is 2.70. The molecular formula is C10H14O2. The standard InChI is InChI=1S/C10H14O2/c1-5-10(3)7(2)6-8(12-4)9(10)11/h5-7H,1H2,2-4H3/t7-,10-/m1/s1. The van der Waals surface area contributed by atoms with Crippen molar-refractivity contribution in [1.29, 1.82) is 0 Å². The lowest BCUT2D eigenvalue weighted by molar-refractivity contribution is -0.124. The molecule has 0 unspecified atom stereocenters. The second-order valence-corrected chi connectivity index (χ2v) is 3.34. The van der Waals surface area contributed by atoms with Crippen LogP contribution in [0.15, 0.2) is 24.5 Å². The van der Waals surface area contributed by atoms with E-state index in [1.807, 2.05) is 19.9 Å². The number of ketones is 1. The van der Waals surface area contributed by atoms with Crippen LogP contribution < -0.4 is 0 Å². The molecule has 0 aromatic rings. The van der Waals surface area contributed by atoms with Gasteiger partial charge in [0.2, 0.25) is 5.78 Å². The number of methoxy groups -OCH3 is 1. The van der Waals surface area contributed by atoms with Crippen LogP contribution in [0, 0.1) is 11.3 Å². The number of hydrogen-bond acceptors (Lipinski definition) is 2. The zero-order valence-corrected chi connectivity index (χ0v) is 7.76. The van der Waals surface area contributed by atoms with Gasteiger partial charge in [-0.25, -0.2) is 0 Å².